The quantitative estimate of drug-likeness (QED) is 0.403. The highest BCUT2D eigenvalue weighted by atomic mass is 16.5. The van der Waals surface area contributed by atoms with E-state index in [4.69, 9.17) is 4.74 Å². The molecular weight excluding hydrogens is 468 g/mol. The normalized spacial score (nSPS) is 20.1. The van der Waals surface area contributed by atoms with Crippen LogP contribution in [0.25, 0.3) is 11.8 Å². The molecule has 0 radical (unpaired) electrons. The summed E-state index contributed by atoms with van der Waals surface area (Å²) in [5, 5.41) is 11.1. The zero-order chi connectivity index (χ0) is 26.5. The number of hydrogen-bond donors (Lipinski definition) is 1. The van der Waals surface area contributed by atoms with Gasteiger partial charge in [-0.05, 0) is 57.9 Å². The number of aliphatic hydroxyl groups excluding tert-OH is 1. The van der Waals surface area contributed by atoms with Gasteiger partial charge in [-0.1, -0.05) is 42.0 Å². The highest BCUT2D eigenvalue weighted by Crippen LogP contribution is 2.41. The summed E-state index contributed by atoms with van der Waals surface area (Å²) in [5.41, 5.74) is 1.76. The number of fused-ring (bicyclic) bond motifs is 4. The lowest BCUT2D eigenvalue weighted by molar-refractivity contribution is -0.112. The summed E-state index contributed by atoms with van der Waals surface area (Å²) in [6.07, 6.45) is 8.20. The predicted molar refractivity (Wildman–Crippen MR) is 140 cm³/mol. The Morgan fingerprint density at radius 1 is 0.946 bits per heavy atom. The van der Waals surface area contributed by atoms with E-state index in [1.54, 1.807) is 42.5 Å². The molecule has 0 fully saturated rings. The summed E-state index contributed by atoms with van der Waals surface area (Å²) in [5.74, 6) is -2.35. The van der Waals surface area contributed by atoms with E-state index in [9.17, 15) is 24.3 Å². The standard InChI is InChI=1S/C31H26O6/c1-17(2)7-6-13-31(3)14-12-21-25(37-31)11-10-22-26(21)30(36)29(35)23(28(22)34)15-18-16-24(32)19-8-4-5-9-20(19)27(18)33/h4-5,7-12,14,16,34H,6,13,15H2,1-3H3/t31-/m1/s1. The highest BCUT2D eigenvalue weighted by molar-refractivity contribution is 6.53. The fourth-order valence-electron chi connectivity index (χ4n) is 5.00. The van der Waals surface area contributed by atoms with E-state index in [0.717, 1.165) is 12.8 Å². The summed E-state index contributed by atoms with van der Waals surface area (Å²) < 4.78 is 6.23. The van der Waals surface area contributed by atoms with Crippen molar-refractivity contribution in [3.8, 4) is 5.75 Å². The highest BCUT2D eigenvalue weighted by Gasteiger charge is 2.39. The monoisotopic (exact) mass is 494 g/mol. The van der Waals surface area contributed by atoms with Crippen molar-refractivity contribution in [1.82, 2.24) is 0 Å². The topological polar surface area (TPSA) is 97.7 Å². The first-order valence-corrected chi connectivity index (χ1v) is 12.2. The molecule has 5 rings (SSSR count). The van der Waals surface area contributed by atoms with Crippen molar-refractivity contribution in [2.75, 3.05) is 0 Å². The molecule has 6 nitrogen and oxygen atoms in total. The van der Waals surface area contributed by atoms with E-state index < -0.39 is 23.0 Å². The number of benzene rings is 2. The number of ketones is 4. The molecule has 2 aromatic rings. The van der Waals surface area contributed by atoms with Crippen molar-refractivity contribution in [1.29, 1.82) is 0 Å². The number of rotatable bonds is 5. The van der Waals surface area contributed by atoms with Crippen LogP contribution in [0.15, 0.2) is 71.3 Å². The lowest BCUT2D eigenvalue weighted by atomic mass is 9.80. The van der Waals surface area contributed by atoms with Gasteiger partial charge >= 0.3 is 0 Å². The maximum absolute atomic E-state index is 13.3. The third-order valence-corrected chi connectivity index (χ3v) is 6.99. The molecule has 1 heterocycles. The molecule has 0 amide bonds. The first kappa shape index (κ1) is 24.4. The van der Waals surface area contributed by atoms with Gasteiger partial charge in [-0.3, -0.25) is 19.2 Å². The first-order chi connectivity index (χ1) is 17.6. The predicted octanol–water partition coefficient (Wildman–Crippen LogP) is 6.03. The Labute approximate surface area is 214 Å². The Hall–Kier alpha value is -4.32. The Kier molecular flexibility index (Phi) is 5.91. The minimum Gasteiger partial charge on any atom is -0.507 e. The van der Waals surface area contributed by atoms with Crippen LogP contribution in [-0.4, -0.2) is 33.8 Å². The number of carbonyl (C=O) groups is 4. The van der Waals surface area contributed by atoms with Crippen LogP contribution in [0.4, 0.5) is 0 Å². The zero-order valence-corrected chi connectivity index (χ0v) is 20.9. The molecule has 3 aliphatic rings. The molecule has 186 valence electrons. The summed E-state index contributed by atoms with van der Waals surface area (Å²) >= 11 is 0. The number of hydrogen-bond acceptors (Lipinski definition) is 6. The van der Waals surface area contributed by atoms with Crippen LogP contribution in [0.2, 0.25) is 0 Å². The van der Waals surface area contributed by atoms with Gasteiger partial charge in [0.2, 0.25) is 11.6 Å². The van der Waals surface area contributed by atoms with Gasteiger partial charge in [0.05, 0.1) is 5.57 Å². The smallest absolute Gasteiger partial charge is 0.234 e. The van der Waals surface area contributed by atoms with Crippen LogP contribution < -0.4 is 4.74 Å². The SMILES string of the molecule is CC(C)=CCC[C@]1(C)C=Cc2c(ccc3c2C(=O)C(=O)C(CC2=CC(=O)c4ccccc4C2=O)=C3O)O1. The van der Waals surface area contributed by atoms with Crippen LogP contribution in [-0.2, 0) is 4.79 Å². The molecule has 0 unspecified atom stereocenters. The van der Waals surface area contributed by atoms with Crippen LogP contribution in [0.5, 0.6) is 5.75 Å². The van der Waals surface area contributed by atoms with Crippen LogP contribution in [0, 0.1) is 0 Å². The largest absolute Gasteiger partial charge is 0.507 e. The lowest BCUT2D eigenvalue weighted by Gasteiger charge is -2.33. The number of carbonyl (C=O) groups excluding carboxylic acids is 4. The van der Waals surface area contributed by atoms with E-state index in [2.05, 4.69) is 6.08 Å². The van der Waals surface area contributed by atoms with E-state index in [-0.39, 0.29) is 51.4 Å². The molecule has 1 aliphatic heterocycles. The van der Waals surface area contributed by atoms with Crippen molar-refractivity contribution < 1.29 is 29.0 Å². The van der Waals surface area contributed by atoms with Crippen molar-refractivity contribution in [3.05, 3.63) is 99.2 Å². The van der Waals surface area contributed by atoms with Crippen LogP contribution in [0.3, 0.4) is 0 Å². The number of Topliss-reactive ketones (excluding diaryl/α,β-unsaturated/α-hetero) is 3. The Bertz CT molecular complexity index is 1530. The van der Waals surface area contributed by atoms with Gasteiger partial charge in [-0.2, -0.15) is 0 Å². The Morgan fingerprint density at radius 3 is 2.41 bits per heavy atom. The second kappa shape index (κ2) is 8.96. The molecule has 1 atom stereocenters. The minimum atomic E-state index is -0.899. The molecule has 0 aromatic heterocycles. The first-order valence-electron chi connectivity index (χ1n) is 12.2. The summed E-state index contributed by atoms with van der Waals surface area (Å²) in [4.78, 5) is 52.0. The maximum atomic E-state index is 13.3. The summed E-state index contributed by atoms with van der Waals surface area (Å²) in [6, 6.07) is 9.67. The average Bonchev–Trinajstić information content (AvgIpc) is 2.87. The Morgan fingerprint density at radius 2 is 1.68 bits per heavy atom. The minimum absolute atomic E-state index is 0.0585. The molecular formula is C31H26O6. The van der Waals surface area contributed by atoms with Crippen molar-refractivity contribution >= 4 is 35.0 Å². The van der Waals surface area contributed by atoms with Gasteiger partial charge in [0.15, 0.2) is 11.6 Å². The van der Waals surface area contributed by atoms with Crippen molar-refractivity contribution in [2.24, 2.45) is 0 Å². The average molecular weight is 495 g/mol. The zero-order valence-electron chi connectivity index (χ0n) is 20.9. The number of aliphatic hydroxyl groups is 1. The van der Waals surface area contributed by atoms with E-state index in [0.29, 0.717) is 11.3 Å². The second-order valence-electron chi connectivity index (χ2n) is 10.0. The van der Waals surface area contributed by atoms with Gasteiger partial charge < -0.3 is 9.84 Å². The molecule has 0 bridgehead atoms. The molecule has 1 N–H and O–H groups in total. The van der Waals surface area contributed by atoms with Gasteiger partial charge in [-0.25, -0.2) is 0 Å². The Balaban J connectivity index is 1.49. The number of allylic oxidation sites excluding steroid dienone is 5. The summed E-state index contributed by atoms with van der Waals surface area (Å²) in [6.45, 7) is 6.03. The van der Waals surface area contributed by atoms with E-state index in [1.807, 2.05) is 26.8 Å². The molecule has 0 saturated carbocycles. The fourth-order valence-corrected chi connectivity index (χ4v) is 5.00. The van der Waals surface area contributed by atoms with Crippen molar-refractivity contribution in [2.45, 2.75) is 45.6 Å². The van der Waals surface area contributed by atoms with Crippen LogP contribution >= 0.6 is 0 Å². The third-order valence-electron chi connectivity index (χ3n) is 6.99. The van der Waals surface area contributed by atoms with Crippen molar-refractivity contribution in [3.63, 3.8) is 0 Å². The summed E-state index contributed by atoms with van der Waals surface area (Å²) in [7, 11) is 0. The molecule has 37 heavy (non-hydrogen) atoms. The fraction of sp³-hybridized carbons (Fsp3) is 0.226. The van der Waals surface area contributed by atoms with Gasteiger partial charge in [0, 0.05) is 39.8 Å². The molecule has 6 heteroatoms. The molecule has 0 saturated heterocycles. The second-order valence-corrected chi connectivity index (χ2v) is 10.0. The maximum Gasteiger partial charge on any atom is 0.234 e. The van der Waals surface area contributed by atoms with Gasteiger partial charge in [0.25, 0.3) is 0 Å². The molecule has 0 spiro atoms. The van der Waals surface area contributed by atoms with Gasteiger partial charge in [-0.15, -0.1) is 0 Å². The van der Waals surface area contributed by atoms with Gasteiger partial charge in [0.1, 0.15) is 17.1 Å². The molecule has 2 aromatic carbocycles. The lowest BCUT2D eigenvalue weighted by Crippen LogP contribution is -2.33. The van der Waals surface area contributed by atoms with E-state index in [1.165, 1.54) is 11.6 Å². The van der Waals surface area contributed by atoms with Crippen LogP contribution in [0.1, 0.15) is 82.2 Å². The number of ether oxygens (including phenoxy) is 1. The van der Waals surface area contributed by atoms with E-state index >= 15 is 0 Å². The third kappa shape index (κ3) is 4.18. The molecule has 2 aliphatic carbocycles.